The molecule has 0 bridgehead atoms. The van der Waals surface area contributed by atoms with Crippen LogP contribution in [0.2, 0.25) is 0 Å². The van der Waals surface area contributed by atoms with Crippen LogP contribution in [-0.2, 0) is 6.42 Å². The Bertz CT molecular complexity index is 384. The lowest BCUT2D eigenvalue weighted by Gasteiger charge is -2.16. The van der Waals surface area contributed by atoms with Gasteiger partial charge in [-0.1, -0.05) is 0 Å². The van der Waals surface area contributed by atoms with Crippen LogP contribution in [0.25, 0.3) is 0 Å². The SMILES string of the molecule is COc1ccc(F)cc1CCN1CCC(N)C1. The average molecular weight is 238 g/mol. The molecule has 1 aliphatic rings. The molecule has 1 aromatic carbocycles. The number of halogens is 1. The van der Waals surface area contributed by atoms with E-state index in [0.29, 0.717) is 6.04 Å². The summed E-state index contributed by atoms with van der Waals surface area (Å²) in [5.74, 6) is 0.550. The zero-order valence-corrected chi connectivity index (χ0v) is 10.2. The summed E-state index contributed by atoms with van der Waals surface area (Å²) in [6, 6.07) is 4.95. The Morgan fingerprint density at radius 3 is 3.00 bits per heavy atom. The molecule has 0 amide bonds. The zero-order valence-electron chi connectivity index (χ0n) is 10.2. The van der Waals surface area contributed by atoms with Gasteiger partial charge in [-0.25, -0.2) is 4.39 Å². The van der Waals surface area contributed by atoms with Gasteiger partial charge < -0.3 is 15.4 Å². The molecule has 0 saturated carbocycles. The van der Waals surface area contributed by atoms with Crippen molar-refractivity contribution in [2.75, 3.05) is 26.7 Å². The van der Waals surface area contributed by atoms with Crippen molar-refractivity contribution in [2.24, 2.45) is 5.73 Å². The van der Waals surface area contributed by atoms with Crippen molar-refractivity contribution >= 4 is 0 Å². The number of hydrogen-bond acceptors (Lipinski definition) is 3. The van der Waals surface area contributed by atoms with E-state index in [4.69, 9.17) is 10.5 Å². The summed E-state index contributed by atoms with van der Waals surface area (Å²) in [5.41, 5.74) is 6.77. The minimum atomic E-state index is -0.209. The Balaban J connectivity index is 1.96. The molecule has 1 aromatic rings. The van der Waals surface area contributed by atoms with Gasteiger partial charge >= 0.3 is 0 Å². The fraction of sp³-hybridized carbons (Fsp3) is 0.538. The normalized spacial score (nSPS) is 20.8. The number of nitrogens with two attached hydrogens (primary N) is 1. The molecule has 0 aliphatic carbocycles. The highest BCUT2D eigenvalue weighted by Gasteiger charge is 2.18. The van der Waals surface area contributed by atoms with Gasteiger partial charge in [-0.15, -0.1) is 0 Å². The number of rotatable bonds is 4. The number of hydrogen-bond donors (Lipinski definition) is 1. The summed E-state index contributed by atoms with van der Waals surface area (Å²) in [6.07, 6.45) is 1.86. The Kier molecular flexibility index (Phi) is 3.97. The van der Waals surface area contributed by atoms with E-state index in [9.17, 15) is 4.39 Å². The summed E-state index contributed by atoms with van der Waals surface area (Å²) < 4.78 is 18.4. The van der Waals surface area contributed by atoms with Crippen LogP contribution >= 0.6 is 0 Å². The topological polar surface area (TPSA) is 38.5 Å². The quantitative estimate of drug-likeness (QED) is 0.862. The maximum atomic E-state index is 13.2. The number of ether oxygens (including phenoxy) is 1. The first-order chi connectivity index (χ1) is 8.19. The smallest absolute Gasteiger partial charge is 0.123 e. The monoisotopic (exact) mass is 238 g/mol. The summed E-state index contributed by atoms with van der Waals surface area (Å²) in [5, 5.41) is 0. The summed E-state index contributed by atoms with van der Waals surface area (Å²) in [6.45, 7) is 2.89. The minimum absolute atomic E-state index is 0.209. The van der Waals surface area contributed by atoms with Crippen LogP contribution in [-0.4, -0.2) is 37.7 Å². The molecular formula is C13H19FN2O. The fourth-order valence-electron chi connectivity index (χ4n) is 2.29. The Morgan fingerprint density at radius 2 is 2.35 bits per heavy atom. The van der Waals surface area contributed by atoms with E-state index in [1.54, 1.807) is 19.2 Å². The molecule has 0 spiro atoms. The lowest BCUT2D eigenvalue weighted by atomic mass is 10.1. The first-order valence-electron chi connectivity index (χ1n) is 5.99. The number of benzene rings is 1. The van der Waals surface area contributed by atoms with Crippen LogP contribution in [0.5, 0.6) is 5.75 Å². The molecule has 0 aromatic heterocycles. The maximum absolute atomic E-state index is 13.2. The first-order valence-corrected chi connectivity index (χ1v) is 5.99. The predicted molar refractivity (Wildman–Crippen MR) is 65.7 cm³/mol. The van der Waals surface area contributed by atoms with Gasteiger partial charge in [0.15, 0.2) is 0 Å². The van der Waals surface area contributed by atoms with E-state index in [0.717, 1.165) is 43.8 Å². The predicted octanol–water partition coefficient (Wildman–Crippen LogP) is 1.41. The van der Waals surface area contributed by atoms with E-state index >= 15 is 0 Å². The van der Waals surface area contributed by atoms with Crippen molar-refractivity contribution < 1.29 is 9.13 Å². The van der Waals surface area contributed by atoms with Gasteiger partial charge in [-0.3, -0.25) is 0 Å². The van der Waals surface area contributed by atoms with Gasteiger partial charge in [-0.05, 0) is 43.1 Å². The first kappa shape index (κ1) is 12.3. The molecule has 1 unspecified atom stereocenters. The Labute approximate surface area is 101 Å². The van der Waals surface area contributed by atoms with Gasteiger partial charge in [0.2, 0.25) is 0 Å². The second-order valence-electron chi connectivity index (χ2n) is 4.56. The van der Waals surface area contributed by atoms with Gasteiger partial charge in [0.05, 0.1) is 7.11 Å². The van der Waals surface area contributed by atoms with Crippen LogP contribution in [0, 0.1) is 5.82 Å². The van der Waals surface area contributed by atoms with E-state index in [2.05, 4.69) is 4.90 Å². The van der Waals surface area contributed by atoms with Crippen LogP contribution in [0.4, 0.5) is 4.39 Å². The number of likely N-dealkylation sites (tertiary alicyclic amines) is 1. The third-order valence-corrected chi connectivity index (χ3v) is 3.25. The standard InChI is InChI=1S/C13H19FN2O/c1-17-13-3-2-11(14)8-10(13)4-6-16-7-5-12(15)9-16/h2-3,8,12H,4-7,9,15H2,1H3. The van der Waals surface area contributed by atoms with Gasteiger partial charge in [0.1, 0.15) is 11.6 Å². The van der Waals surface area contributed by atoms with Gasteiger partial charge in [-0.2, -0.15) is 0 Å². The molecule has 3 nitrogen and oxygen atoms in total. The maximum Gasteiger partial charge on any atom is 0.123 e. The van der Waals surface area contributed by atoms with E-state index in [1.165, 1.54) is 6.07 Å². The van der Waals surface area contributed by atoms with E-state index in [-0.39, 0.29) is 5.82 Å². The molecule has 1 heterocycles. The molecule has 94 valence electrons. The molecule has 2 rings (SSSR count). The molecule has 4 heteroatoms. The minimum Gasteiger partial charge on any atom is -0.496 e. The fourth-order valence-corrected chi connectivity index (χ4v) is 2.29. The highest BCUT2D eigenvalue weighted by molar-refractivity contribution is 5.34. The van der Waals surface area contributed by atoms with Crippen LogP contribution < -0.4 is 10.5 Å². The highest BCUT2D eigenvalue weighted by atomic mass is 19.1. The Hall–Kier alpha value is -1.13. The van der Waals surface area contributed by atoms with Crippen molar-refractivity contribution in [3.63, 3.8) is 0 Å². The average Bonchev–Trinajstić information content (AvgIpc) is 2.73. The second-order valence-corrected chi connectivity index (χ2v) is 4.56. The lowest BCUT2D eigenvalue weighted by molar-refractivity contribution is 0.335. The third kappa shape index (κ3) is 3.17. The van der Waals surface area contributed by atoms with Gasteiger partial charge in [0.25, 0.3) is 0 Å². The summed E-state index contributed by atoms with van der Waals surface area (Å²) in [7, 11) is 1.61. The molecule has 1 fully saturated rings. The van der Waals surface area contributed by atoms with E-state index < -0.39 is 0 Å². The molecule has 0 radical (unpaired) electrons. The molecule has 2 N–H and O–H groups in total. The molecule has 17 heavy (non-hydrogen) atoms. The largest absolute Gasteiger partial charge is 0.496 e. The van der Waals surface area contributed by atoms with Crippen LogP contribution in [0.15, 0.2) is 18.2 Å². The van der Waals surface area contributed by atoms with Crippen molar-refractivity contribution in [3.05, 3.63) is 29.6 Å². The molecule has 1 atom stereocenters. The summed E-state index contributed by atoms with van der Waals surface area (Å²) in [4.78, 5) is 2.31. The van der Waals surface area contributed by atoms with Crippen LogP contribution in [0.1, 0.15) is 12.0 Å². The zero-order chi connectivity index (χ0) is 12.3. The number of methoxy groups -OCH3 is 1. The second kappa shape index (κ2) is 5.47. The molecular weight excluding hydrogens is 219 g/mol. The van der Waals surface area contributed by atoms with Crippen molar-refractivity contribution in [1.82, 2.24) is 4.90 Å². The third-order valence-electron chi connectivity index (χ3n) is 3.25. The highest BCUT2D eigenvalue weighted by Crippen LogP contribution is 2.20. The van der Waals surface area contributed by atoms with Crippen molar-refractivity contribution in [1.29, 1.82) is 0 Å². The van der Waals surface area contributed by atoms with Gasteiger partial charge in [0, 0.05) is 19.1 Å². The number of nitrogens with zero attached hydrogens (tertiary/aromatic N) is 1. The van der Waals surface area contributed by atoms with Crippen LogP contribution in [0.3, 0.4) is 0 Å². The van der Waals surface area contributed by atoms with Crippen molar-refractivity contribution in [3.8, 4) is 5.75 Å². The van der Waals surface area contributed by atoms with E-state index in [1.807, 2.05) is 0 Å². The Morgan fingerprint density at radius 1 is 1.53 bits per heavy atom. The van der Waals surface area contributed by atoms with Crippen molar-refractivity contribution in [2.45, 2.75) is 18.9 Å². The lowest BCUT2D eigenvalue weighted by Crippen LogP contribution is -2.28. The summed E-state index contributed by atoms with van der Waals surface area (Å²) >= 11 is 0. The molecule has 1 saturated heterocycles. The molecule has 1 aliphatic heterocycles.